The number of nitrogens with two attached hydrogens (primary N) is 1. The number of aromatic nitrogens is 6. The highest BCUT2D eigenvalue weighted by molar-refractivity contribution is 7.81. The number of aryl methyl sites for hydroxylation is 1. The van der Waals surface area contributed by atoms with Crippen molar-refractivity contribution in [1.29, 1.82) is 5.26 Å². The quantitative estimate of drug-likeness (QED) is 0.234. The van der Waals surface area contributed by atoms with Crippen LogP contribution in [0.25, 0.3) is 22.1 Å². The zero-order chi connectivity index (χ0) is 27.2. The number of fused-ring (bicyclic) bond motifs is 2. The predicted octanol–water partition coefficient (Wildman–Crippen LogP) is 2.74. The number of anilines is 1. The molecule has 4 aromatic rings. The van der Waals surface area contributed by atoms with E-state index in [9.17, 15) is 18.8 Å². The van der Waals surface area contributed by atoms with E-state index >= 15 is 0 Å². The molecule has 192 valence electrons. The number of hydrogen-bond acceptors (Lipinski definition) is 8. The maximum Gasteiger partial charge on any atom is 0.246 e. The molecule has 2 atom stereocenters. The van der Waals surface area contributed by atoms with Crippen LogP contribution in [0.3, 0.4) is 0 Å². The number of benzene rings is 1. The van der Waals surface area contributed by atoms with Gasteiger partial charge in [0.15, 0.2) is 17.3 Å². The highest BCUT2D eigenvalue weighted by atomic mass is 32.1. The Morgan fingerprint density at radius 2 is 2.13 bits per heavy atom. The molecular formula is C25H21F2N9OS. The third-order valence-corrected chi connectivity index (χ3v) is 7.05. The first-order chi connectivity index (χ1) is 18.2. The summed E-state index contributed by atoms with van der Waals surface area (Å²) in [5.74, 6) is 3.01. The molecule has 0 unspecified atom stereocenters. The Balaban J connectivity index is 1.63. The molecule has 13 heteroatoms. The van der Waals surface area contributed by atoms with Gasteiger partial charge in [0.25, 0.3) is 0 Å². The van der Waals surface area contributed by atoms with E-state index in [2.05, 4.69) is 44.5 Å². The lowest BCUT2D eigenvalue weighted by atomic mass is 10.1. The number of nitrogen functional groups attached to an aromatic ring is 1. The van der Waals surface area contributed by atoms with Crippen LogP contribution in [-0.2, 0) is 16.2 Å². The summed E-state index contributed by atoms with van der Waals surface area (Å²) in [7, 11) is 0. The lowest BCUT2D eigenvalue weighted by Gasteiger charge is -2.24. The van der Waals surface area contributed by atoms with Crippen LogP contribution < -0.4 is 5.73 Å². The van der Waals surface area contributed by atoms with Gasteiger partial charge in [-0.05, 0) is 25.0 Å². The van der Waals surface area contributed by atoms with Crippen molar-refractivity contribution in [1.82, 2.24) is 34.2 Å². The van der Waals surface area contributed by atoms with Crippen molar-refractivity contribution in [3.8, 4) is 17.9 Å². The smallest absolute Gasteiger partial charge is 0.246 e. The Morgan fingerprint density at radius 3 is 2.84 bits per heavy atom. The normalized spacial score (nSPS) is 18.9. The number of carbonyl (C=O) groups is 1. The number of carbonyl (C=O) groups excluding carboxylic acids is 1. The zero-order valence-electron chi connectivity index (χ0n) is 20.2. The van der Waals surface area contributed by atoms with E-state index in [0.29, 0.717) is 17.6 Å². The summed E-state index contributed by atoms with van der Waals surface area (Å²) in [6.07, 6.45) is 4.24. The van der Waals surface area contributed by atoms with Crippen LogP contribution in [0.4, 0.5) is 14.6 Å². The van der Waals surface area contributed by atoms with E-state index in [4.69, 9.17) is 18.4 Å². The fourth-order valence-electron chi connectivity index (χ4n) is 4.74. The molecule has 1 aromatic carbocycles. The highest BCUT2D eigenvalue weighted by Crippen LogP contribution is 2.40. The summed E-state index contributed by atoms with van der Waals surface area (Å²) in [6, 6.07) is 3.03. The summed E-state index contributed by atoms with van der Waals surface area (Å²) < 4.78 is 32.7. The molecule has 10 nitrogen and oxygen atoms in total. The van der Waals surface area contributed by atoms with Crippen molar-refractivity contribution in [2.45, 2.75) is 37.2 Å². The van der Waals surface area contributed by atoms with E-state index in [1.54, 1.807) is 6.92 Å². The van der Waals surface area contributed by atoms with Gasteiger partial charge in [-0.25, -0.2) is 28.4 Å². The molecule has 1 saturated heterocycles. The van der Waals surface area contributed by atoms with Gasteiger partial charge in [-0.3, -0.25) is 4.79 Å². The number of imidazole rings is 1. The van der Waals surface area contributed by atoms with Crippen LogP contribution in [-0.4, -0.2) is 52.7 Å². The molecule has 3 aromatic heterocycles. The maximum absolute atomic E-state index is 14.9. The van der Waals surface area contributed by atoms with Crippen LogP contribution in [0.1, 0.15) is 31.0 Å². The third kappa shape index (κ3) is 3.92. The molecule has 0 spiro atoms. The number of likely N-dealkylation sites (tertiary alicyclic amines) is 1. The molecule has 1 aliphatic rings. The number of rotatable bonds is 4. The average molecular weight is 534 g/mol. The second-order valence-corrected chi connectivity index (χ2v) is 9.62. The molecule has 1 amide bonds. The molecular weight excluding hydrogens is 512 g/mol. The van der Waals surface area contributed by atoms with Crippen molar-refractivity contribution in [2.24, 2.45) is 0 Å². The van der Waals surface area contributed by atoms with E-state index in [0.717, 1.165) is 0 Å². The zero-order valence-corrected chi connectivity index (χ0v) is 21.1. The van der Waals surface area contributed by atoms with Crippen LogP contribution in [0.2, 0.25) is 0 Å². The van der Waals surface area contributed by atoms with Crippen molar-refractivity contribution in [2.75, 3.05) is 12.3 Å². The first-order valence-corrected chi connectivity index (χ1v) is 12.0. The van der Waals surface area contributed by atoms with Crippen molar-refractivity contribution >= 4 is 46.4 Å². The number of nitrogens with zero attached hydrogens (tertiary/aromatic N) is 8. The maximum atomic E-state index is 14.9. The monoisotopic (exact) mass is 533 g/mol. The standard InChI is InChI=1S/C25H21F2N9OS/c1-3-18(37)35-11-25(38,10-15(35)7-8-28)36-24-19(23(29)30-12-31-24)16(33-36)6-5-14-9-17-22(21(27)20(14)26)34(4-2)13-32-17/h3,9,12-13,15,38H,1,4,7,10-11H2,2H3,(H2,29,30,31)/t15-,25+/m0/s1. The SMILES string of the molecule is C=CC(=O)N1C[C@@](S)(n2nc(C#Cc3cc4ncn(CC)c4c(F)c3F)c3c(N)ncnc32)C[C@@H]1CC#N. The van der Waals surface area contributed by atoms with Gasteiger partial charge < -0.3 is 15.2 Å². The minimum Gasteiger partial charge on any atom is -0.383 e. The number of thiol groups is 1. The Bertz CT molecular complexity index is 1730. The molecule has 2 N–H and O–H groups in total. The molecule has 0 bridgehead atoms. The van der Waals surface area contributed by atoms with Gasteiger partial charge in [0.2, 0.25) is 5.91 Å². The Hall–Kier alpha value is -4.49. The number of amides is 1. The van der Waals surface area contributed by atoms with Gasteiger partial charge in [0, 0.05) is 19.0 Å². The van der Waals surface area contributed by atoms with Gasteiger partial charge >= 0.3 is 0 Å². The first-order valence-electron chi connectivity index (χ1n) is 11.6. The van der Waals surface area contributed by atoms with E-state index < -0.39 is 22.5 Å². The lowest BCUT2D eigenvalue weighted by Crippen LogP contribution is -2.37. The summed E-state index contributed by atoms with van der Waals surface area (Å²) in [5.41, 5.74) is 6.68. The third-order valence-electron chi connectivity index (χ3n) is 6.54. The average Bonchev–Trinajstić information content (AvgIpc) is 3.59. The number of halogens is 2. The minimum atomic E-state index is -1.10. The van der Waals surface area contributed by atoms with Gasteiger partial charge in [-0.15, -0.1) is 12.6 Å². The Morgan fingerprint density at radius 1 is 1.34 bits per heavy atom. The lowest BCUT2D eigenvalue weighted by molar-refractivity contribution is -0.126. The molecule has 1 fully saturated rings. The van der Waals surface area contributed by atoms with E-state index in [1.807, 2.05) is 0 Å². The fraction of sp³-hybridized carbons (Fsp3) is 0.280. The first kappa shape index (κ1) is 25.2. The molecule has 4 heterocycles. The number of nitriles is 1. The molecule has 5 rings (SSSR count). The van der Waals surface area contributed by atoms with Gasteiger partial charge in [0.05, 0.1) is 41.8 Å². The predicted molar refractivity (Wildman–Crippen MR) is 139 cm³/mol. The molecule has 0 saturated carbocycles. The Kier molecular flexibility index (Phi) is 6.25. The van der Waals surface area contributed by atoms with Gasteiger partial charge in [0.1, 0.15) is 28.2 Å². The summed E-state index contributed by atoms with van der Waals surface area (Å²) in [6.45, 7) is 5.87. The van der Waals surface area contributed by atoms with Crippen molar-refractivity contribution < 1.29 is 13.6 Å². The van der Waals surface area contributed by atoms with Gasteiger partial charge in [-0.1, -0.05) is 12.5 Å². The fourth-order valence-corrected chi connectivity index (χ4v) is 5.25. The van der Waals surface area contributed by atoms with Gasteiger partial charge in [-0.2, -0.15) is 10.4 Å². The van der Waals surface area contributed by atoms with Crippen LogP contribution >= 0.6 is 12.6 Å². The molecule has 38 heavy (non-hydrogen) atoms. The Labute approximate surface area is 221 Å². The van der Waals surface area contributed by atoms with Crippen LogP contribution in [0.15, 0.2) is 31.4 Å². The van der Waals surface area contributed by atoms with Crippen molar-refractivity contribution in [3.05, 3.63) is 54.3 Å². The van der Waals surface area contributed by atoms with E-state index in [1.165, 1.54) is 38.9 Å². The molecule has 0 aliphatic carbocycles. The molecule has 1 aliphatic heterocycles. The van der Waals surface area contributed by atoms with Crippen molar-refractivity contribution in [3.63, 3.8) is 0 Å². The number of hydrogen-bond donors (Lipinski definition) is 2. The second kappa shape index (κ2) is 9.43. The summed E-state index contributed by atoms with van der Waals surface area (Å²) >= 11 is 4.85. The topological polar surface area (TPSA) is 132 Å². The molecule has 0 radical (unpaired) electrons. The van der Waals surface area contributed by atoms with Crippen LogP contribution in [0.5, 0.6) is 0 Å². The van der Waals surface area contributed by atoms with E-state index in [-0.39, 0.29) is 53.4 Å². The van der Waals surface area contributed by atoms with Crippen LogP contribution in [0, 0.1) is 34.8 Å². The second-order valence-electron chi connectivity index (χ2n) is 8.79. The summed E-state index contributed by atoms with van der Waals surface area (Å²) in [5, 5.41) is 14.1. The minimum absolute atomic E-state index is 0.0618. The highest BCUT2D eigenvalue weighted by Gasteiger charge is 2.46. The summed E-state index contributed by atoms with van der Waals surface area (Å²) in [4.78, 5) is 25.4. The largest absolute Gasteiger partial charge is 0.383 e.